The summed E-state index contributed by atoms with van der Waals surface area (Å²) in [6, 6.07) is 0. The smallest absolute Gasteiger partial charge is 0.0985 e. The zero-order valence-electron chi connectivity index (χ0n) is 10.9. The molecule has 0 bridgehead atoms. The van der Waals surface area contributed by atoms with Gasteiger partial charge in [0.15, 0.2) is 0 Å². The van der Waals surface area contributed by atoms with Crippen molar-refractivity contribution in [3.63, 3.8) is 0 Å². The van der Waals surface area contributed by atoms with Crippen LogP contribution in [0.4, 0.5) is 0 Å². The van der Waals surface area contributed by atoms with Crippen molar-refractivity contribution < 1.29 is 4.74 Å². The molecule has 1 aromatic heterocycles. The van der Waals surface area contributed by atoms with Gasteiger partial charge in [-0.2, -0.15) is 5.10 Å². The summed E-state index contributed by atoms with van der Waals surface area (Å²) in [6.45, 7) is 8.07. The van der Waals surface area contributed by atoms with E-state index in [2.05, 4.69) is 30.5 Å². The number of aryl methyl sites for hydroxylation is 1. The third-order valence-corrected chi connectivity index (χ3v) is 3.48. The molecule has 2 rings (SSSR count). The number of nitrogens with zero attached hydrogens (tertiary/aromatic N) is 2. The van der Waals surface area contributed by atoms with Gasteiger partial charge in [-0.3, -0.25) is 4.68 Å². The molecule has 96 valence electrons. The first-order valence-electron chi connectivity index (χ1n) is 6.68. The van der Waals surface area contributed by atoms with E-state index in [4.69, 9.17) is 4.74 Å². The first kappa shape index (κ1) is 12.6. The maximum Gasteiger partial charge on any atom is 0.0985 e. The van der Waals surface area contributed by atoms with Crippen molar-refractivity contribution in [2.75, 3.05) is 19.7 Å². The number of ether oxygens (including phenoxy) is 1. The lowest BCUT2D eigenvalue weighted by Crippen LogP contribution is -2.41. The Balaban J connectivity index is 2.18. The molecule has 2 heterocycles. The predicted molar refractivity (Wildman–Crippen MR) is 67.9 cm³/mol. The topological polar surface area (TPSA) is 39.1 Å². The molecule has 4 nitrogen and oxygen atoms in total. The van der Waals surface area contributed by atoms with E-state index in [9.17, 15) is 0 Å². The molecular formula is C13H23N3O. The van der Waals surface area contributed by atoms with Crippen LogP contribution in [-0.4, -0.2) is 29.5 Å². The Morgan fingerprint density at radius 2 is 2.18 bits per heavy atom. The molecule has 0 radical (unpaired) electrons. The standard InChI is InChI=1S/C13H23N3O/c1-3-9-17-13(5-7-14-8-6-13)12-10-15-16(4-2)11-12/h10-11,14H,3-9H2,1-2H3. The maximum absolute atomic E-state index is 6.17. The molecule has 0 unspecified atom stereocenters. The predicted octanol–water partition coefficient (Wildman–Crippen LogP) is 1.91. The highest BCUT2D eigenvalue weighted by atomic mass is 16.5. The van der Waals surface area contributed by atoms with Gasteiger partial charge in [0.2, 0.25) is 0 Å². The molecule has 4 heteroatoms. The second-order valence-electron chi connectivity index (χ2n) is 4.68. The van der Waals surface area contributed by atoms with Crippen molar-refractivity contribution >= 4 is 0 Å². The average Bonchev–Trinajstić information content (AvgIpc) is 2.87. The molecule has 1 aliphatic rings. The van der Waals surface area contributed by atoms with Gasteiger partial charge in [0, 0.05) is 24.9 Å². The zero-order chi connectivity index (χ0) is 12.1. The Kier molecular flexibility index (Phi) is 4.18. The molecule has 0 aliphatic carbocycles. The van der Waals surface area contributed by atoms with Crippen LogP contribution in [0.2, 0.25) is 0 Å². The van der Waals surface area contributed by atoms with Crippen LogP contribution in [0.5, 0.6) is 0 Å². The quantitative estimate of drug-likeness (QED) is 0.850. The van der Waals surface area contributed by atoms with Crippen LogP contribution in [0, 0.1) is 0 Å². The van der Waals surface area contributed by atoms with Gasteiger partial charge in [-0.15, -0.1) is 0 Å². The Labute approximate surface area is 103 Å². The summed E-state index contributed by atoms with van der Waals surface area (Å²) in [6.07, 6.45) is 7.27. The number of hydrogen-bond acceptors (Lipinski definition) is 3. The molecule has 0 aromatic carbocycles. The summed E-state index contributed by atoms with van der Waals surface area (Å²) in [4.78, 5) is 0. The van der Waals surface area contributed by atoms with Crippen LogP contribution in [0.3, 0.4) is 0 Å². The van der Waals surface area contributed by atoms with Crippen LogP contribution in [0.15, 0.2) is 12.4 Å². The Bertz CT molecular complexity index is 342. The fourth-order valence-corrected chi connectivity index (χ4v) is 2.42. The summed E-state index contributed by atoms with van der Waals surface area (Å²) >= 11 is 0. The van der Waals surface area contributed by atoms with Gasteiger partial charge in [-0.1, -0.05) is 6.92 Å². The fourth-order valence-electron chi connectivity index (χ4n) is 2.42. The van der Waals surface area contributed by atoms with Crippen molar-refractivity contribution in [1.29, 1.82) is 0 Å². The van der Waals surface area contributed by atoms with Gasteiger partial charge in [0.25, 0.3) is 0 Å². The normalized spacial score (nSPS) is 19.4. The lowest BCUT2D eigenvalue weighted by Gasteiger charge is -2.37. The van der Waals surface area contributed by atoms with E-state index in [1.165, 1.54) is 5.56 Å². The monoisotopic (exact) mass is 237 g/mol. The Morgan fingerprint density at radius 1 is 1.41 bits per heavy atom. The molecule has 1 fully saturated rings. The summed E-state index contributed by atoms with van der Waals surface area (Å²) in [7, 11) is 0. The first-order chi connectivity index (χ1) is 8.30. The largest absolute Gasteiger partial charge is 0.370 e. The first-order valence-corrected chi connectivity index (χ1v) is 6.68. The van der Waals surface area contributed by atoms with Crippen LogP contribution in [-0.2, 0) is 16.9 Å². The third-order valence-electron chi connectivity index (χ3n) is 3.48. The van der Waals surface area contributed by atoms with Crippen molar-refractivity contribution in [2.45, 2.75) is 45.3 Å². The average molecular weight is 237 g/mol. The van der Waals surface area contributed by atoms with Crippen LogP contribution in [0.1, 0.15) is 38.7 Å². The highest BCUT2D eigenvalue weighted by molar-refractivity contribution is 5.17. The number of piperidine rings is 1. The highest BCUT2D eigenvalue weighted by Gasteiger charge is 2.35. The minimum Gasteiger partial charge on any atom is -0.370 e. The van der Waals surface area contributed by atoms with E-state index in [1.807, 2.05) is 10.9 Å². The van der Waals surface area contributed by atoms with Crippen LogP contribution in [0.25, 0.3) is 0 Å². The van der Waals surface area contributed by atoms with Crippen molar-refractivity contribution in [3.8, 4) is 0 Å². The lowest BCUT2D eigenvalue weighted by atomic mass is 9.86. The molecular weight excluding hydrogens is 214 g/mol. The molecule has 1 aromatic rings. The number of nitrogens with one attached hydrogen (secondary N) is 1. The summed E-state index contributed by atoms with van der Waals surface area (Å²) in [5.41, 5.74) is 1.14. The lowest BCUT2D eigenvalue weighted by molar-refractivity contribution is -0.0711. The molecule has 0 saturated carbocycles. The second kappa shape index (κ2) is 5.65. The third kappa shape index (κ3) is 2.69. The Hall–Kier alpha value is -0.870. The fraction of sp³-hybridized carbons (Fsp3) is 0.769. The minimum absolute atomic E-state index is 0.102. The van der Waals surface area contributed by atoms with Crippen molar-refractivity contribution in [2.24, 2.45) is 0 Å². The van der Waals surface area contributed by atoms with E-state index in [-0.39, 0.29) is 5.60 Å². The van der Waals surface area contributed by atoms with E-state index in [0.29, 0.717) is 0 Å². The number of rotatable bonds is 5. The van der Waals surface area contributed by atoms with E-state index in [1.54, 1.807) is 0 Å². The molecule has 1 aliphatic heterocycles. The SMILES string of the molecule is CCCOC1(c2cnn(CC)c2)CCNCC1. The van der Waals surface area contributed by atoms with E-state index >= 15 is 0 Å². The molecule has 1 saturated heterocycles. The minimum atomic E-state index is -0.102. The number of aromatic nitrogens is 2. The van der Waals surface area contributed by atoms with Crippen LogP contribution < -0.4 is 5.32 Å². The summed E-state index contributed by atoms with van der Waals surface area (Å²) < 4.78 is 8.15. The van der Waals surface area contributed by atoms with Gasteiger partial charge in [-0.05, 0) is 39.3 Å². The van der Waals surface area contributed by atoms with Crippen molar-refractivity contribution in [3.05, 3.63) is 18.0 Å². The van der Waals surface area contributed by atoms with Gasteiger partial charge >= 0.3 is 0 Å². The number of hydrogen-bond donors (Lipinski definition) is 1. The summed E-state index contributed by atoms with van der Waals surface area (Å²) in [5, 5.41) is 7.78. The Morgan fingerprint density at radius 3 is 2.76 bits per heavy atom. The second-order valence-corrected chi connectivity index (χ2v) is 4.68. The van der Waals surface area contributed by atoms with Gasteiger partial charge < -0.3 is 10.1 Å². The summed E-state index contributed by atoms with van der Waals surface area (Å²) in [5.74, 6) is 0. The molecule has 1 N–H and O–H groups in total. The highest BCUT2D eigenvalue weighted by Crippen LogP contribution is 2.34. The van der Waals surface area contributed by atoms with E-state index in [0.717, 1.165) is 45.5 Å². The van der Waals surface area contributed by atoms with Gasteiger partial charge in [0.1, 0.15) is 0 Å². The zero-order valence-corrected chi connectivity index (χ0v) is 10.9. The van der Waals surface area contributed by atoms with Gasteiger partial charge in [-0.25, -0.2) is 0 Å². The molecule has 17 heavy (non-hydrogen) atoms. The maximum atomic E-state index is 6.17. The van der Waals surface area contributed by atoms with Crippen LogP contribution >= 0.6 is 0 Å². The molecule has 0 spiro atoms. The molecule has 0 amide bonds. The van der Waals surface area contributed by atoms with E-state index < -0.39 is 0 Å². The van der Waals surface area contributed by atoms with Gasteiger partial charge in [0.05, 0.1) is 11.8 Å². The van der Waals surface area contributed by atoms with Crippen molar-refractivity contribution in [1.82, 2.24) is 15.1 Å². The molecule has 0 atom stereocenters.